The molecule has 1 atom stereocenters. The fourth-order valence-corrected chi connectivity index (χ4v) is 2.16. The van der Waals surface area contributed by atoms with Crippen molar-refractivity contribution in [3.63, 3.8) is 0 Å². The average Bonchev–Trinajstić information content (AvgIpc) is 2.25. The summed E-state index contributed by atoms with van der Waals surface area (Å²) in [5.74, 6) is 0.336. The zero-order valence-electron chi connectivity index (χ0n) is 9.77. The number of rotatable bonds is 1. The van der Waals surface area contributed by atoms with Crippen LogP contribution in [0.15, 0.2) is 30.3 Å². The van der Waals surface area contributed by atoms with Gasteiger partial charge in [-0.05, 0) is 32.5 Å². The number of likely N-dealkylation sites (tertiary alicyclic amines) is 1. The molecule has 1 heterocycles. The van der Waals surface area contributed by atoms with E-state index in [1.165, 1.54) is 0 Å². The molecule has 2 nitrogen and oxygen atoms in total. The number of Topliss-reactive ketones (excluding diaryl/α,β-unsaturated/α-hetero) is 1. The van der Waals surface area contributed by atoms with Crippen molar-refractivity contribution in [2.45, 2.75) is 18.8 Å². The summed E-state index contributed by atoms with van der Waals surface area (Å²) in [5.41, 5.74) is 0.886. The largest absolute Gasteiger partial charge is 0.299 e. The van der Waals surface area contributed by atoms with Gasteiger partial charge in [0.2, 0.25) is 0 Å². The lowest BCUT2D eigenvalue weighted by atomic mass is 9.74. The molecule has 0 bridgehead atoms. The zero-order valence-corrected chi connectivity index (χ0v) is 10.6. The summed E-state index contributed by atoms with van der Waals surface area (Å²) < 4.78 is 0. The number of carbonyl (C=O) groups excluding carboxylic acids is 1. The highest BCUT2D eigenvalue weighted by Gasteiger charge is 2.38. The van der Waals surface area contributed by atoms with Crippen LogP contribution in [0.2, 0.25) is 0 Å². The van der Waals surface area contributed by atoms with Gasteiger partial charge in [0.25, 0.3) is 0 Å². The number of nitrogens with zero attached hydrogens (tertiary/aromatic N) is 1. The summed E-state index contributed by atoms with van der Waals surface area (Å²) in [6.45, 7) is 3.64. The summed E-state index contributed by atoms with van der Waals surface area (Å²) in [6, 6.07) is 10.1. The Balaban J connectivity index is 0.00000128. The lowest BCUT2D eigenvalue weighted by Crippen LogP contribution is -2.47. The molecule has 88 valence electrons. The van der Waals surface area contributed by atoms with Crippen LogP contribution in [-0.2, 0) is 10.2 Å². The monoisotopic (exact) mass is 239 g/mol. The molecule has 0 amide bonds. The standard InChI is InChI=1S/C13H17NO.ClH/c1-13(11-6-4-3-5-7-11)8-9-14(2)10-12(13)15;/h3-7H,8-10H2,1-2H3;1H. The number of likely N-dealkylation sites (N-methyl/N-ethyl adjacent to an activating group) is 1. The van der Waals surface area contributed by atoms with Gasteiger partial charge in [0.1, 0.15) is 0 Å². The average molecular weight is 240 g/mol. The summed E-state index contributed by atoms with van der Waals surface area (Å²) in [4.78, 5) is 14.2. The second-order valence-corrected chi connectivity index (χ2v) is 4.61. The van der Waals surface area contributed by atoms with Crippen LogP contribution < -0.4 is 0 Å². The molecular formula is C13H18ClNO. The van der Waals surface area contributed by atoms with Crippen LogP contribution in [0, 0.1) is 0 Å². The first-order valence-corrected chi connectivity index (χ1v) is 5.40. The lowest BCUT2D eigenvalue weighted by molar-refractivity contribution is -0.127. The SMILES string of the molecule is CN1CCC(C)(c2ccccc2)C(=O)C1.Cl. The highest BCUT2D eigenvalue weighted by molar-refractivity contribution is 5.92. The Bertz CT molecular complexity index is 365. The topological polar surface area (TPSA) is 20.3 Å². The van der Waals surface area contributed by atoms with Crippen molar-refractivity contribution in [1.29, 1.82) is 0 Å². The molecule has 16 heavy (non-hydrogen) atoms. The van der Waals surface area contributed by atoms with Crippen LogP contribution in [0.25, 0.3) is 0 Å². The maximum absolute atomic E-state index is 12.1. The van der Waals surface area contributed by atoms with E-state index in [0.29, 0.717) is 12.3 Å². The summed E-state index contributed by atoms with van der Waals surface area (Å²) in [7, 11) is 2.00. The van der Waals surface area contributed by atoms with Gasteiger partial charge in [0.05, 0.1) is 12.0 Å². The van der Waals surface area contributed by atoms with E-state index in [1.807, 2.05) is 25.2 Å². The third-order valence-electron chi connectivity index (χ3n) is 3.43. The third-order valence-corrected chi connectivity index (χ3v) is 3.43. The van der Waals surface area contributed by atoms with Crippen molar-refractivity contribution in [1.82, 2.24) is 4.90 Å². The molecule has 3 heteroatoms. The van der Waals surface area contributed by atoms with Gasteiger partial charge in [-0.15, -0.1) is 12.4 Å². The normalized spacial score (nSPS) is 26.2. The van der Waals surface area contributed by atoms with E-state index in [1.54, 1.807) is 0 Å². The minimum absolute atomic E-state index is 0. The van der Waals surface area contributed by atoms with Gasteiger partial charge < -0.3 is 0 Å². The first-order valence-electron chi connectivity index (χ1n) is 5.40. The van der Waals surface area contributed by atoms with E-state index in [9.17, 15) is 4.79 Å². The Labute approximate surface area is 103 Å². The molecular weight excluding hydrogens is 222 g/mol. The fraction of sp³-hybridized carbons (Fsp3) is 0.462. The predicted molar refractivity (Wildman–Crippen MR) is 68.2 cm³/mol. The summed E-state index contributed by atoms with van der Waals surface area (Å²) in [5, 5.41) is 0. The van der Waals surface area contributed by atoms with Gasteiger partial charge in [0.15, 0.2) is 5.78 Å². The van der Waals surface area contributed by atoms with Crippen molar-refractivity contribution >= 4 is 18.2 Å². The van der Waals surface area contributed by atoms with Gasteiger partial charge in [-0.2, -0.15) is 0 Å². The molecule has 1 aliphatic rings. The van der Waals surface area contributed by atoms with Gasteiger partial charge in [0, 0.05) is 0 Å². The van der Waals surface area contributed by atoms with Gasteiger partial charge in [-0.1, -0.05) is 30.3 Å². The van der Waals surface area contributed by atoms with Gasteiger partial charge in [-0.25, -0.2) is 0 Å². The first kappa shape index (κ1) is 13.2. The lowest BCUT2D eigenvalue weighted by Gasteiger charge is -2.36. The molecule has 1 aromatic rings. The molecule has 1 saturated heterocycles. The molecule has 1 unspecified atom stereocenters. The Morgan fingerprint density at radius 2 is 1.88 bits per heavy atom. The van der Waals surface area contributed by atoms with Gasteiger partial charge >= 0.3 is 0 Å². The number of benzene rings is 1. The van der Waals surface area contributed by atoms with Crippen molar-refractivity contribution in [2.24, 2.45) is 0 Å². The molecule has 0 aromatic heterocycles. The second-order valence-electron chi connectivity index (χ2n) is 4.61. The first-order chi connectivity index (χ1) is 7.13. The number of ketones is 1. The number of hydrogen-bond donors (Lipinski definition) is 0. The van der Waals surface area contributed by atoms with Crippen LogP contribution in [0.1, 0.15) is 18.9 Å². The Hall–Kier alpha value is -0.860. The summed E-state index contributed by atoms with van der Waals surface area (Å²) >= 11 is 0. The molecule has 2 rings (SSSR count). The van der Waals surface area contributed by atoms with E-state index in [2.05, 4.69) is 24.0 Å². The van der Waals surface area contributed by atoms with Crippen molar-refractivity contribution in [3.05, 3.63) is 35.9 Å². The minimum Gasteiger partial charge on any atom is -0.299 e. The molecule has 0 saturated carbocycles. The third kappa shape index (κ3) is 2.28. The number of hydrogen-bond acceptors (Lipinski definition) is 2. The molecule has 0 N–H and O–H groups in total. The Morgan fingerprint density at radius 3 is 2.44 bits per heavy atom. The summed E-state index contributed by atoms with van der Waals surface area (Å²) in [6.07, 6.45) is 0.923. The predicted octanol–water partition coefficient (Wildman–Crippen LogP) is 2.27. The number of carbonyl (C=O) groups is 1. The molecule has 0 spiro atoms. The van der Waals surface area contributed by atoms with Crippen molar-refractivity contribution < 1.29 is 4.79 Å². The highest BCUT2D eigenvalue weighted by Crippen LogP contribution is 2.31. The molecule has 0 aliphatic carbocycles. The van der Waals surface area contributed by atoms with E-state index in [0.717, 1.165) is 18.5 Å². The molecule has 1 aromatic carbocycles. The van der Waals surface area contributed by atoms with Crippen molar-refractivity contribution in [2.75, 3.05) is 20.1 Å². The van der Waals surface area contributed by atoms with Crippen LogP contribution >= 0.6 is 12.4 Å². The van der Waals surface area contributed by atoms with Crippen molar-refractivity contribution in [3.8, 4) is 0 Å². The molecule has 1 fully saturated rings. The molecule has 1 aliphatic heterocycles. The van der Waals surface area contributed by atoms with Crippen LogP contribution in [0.4, 0.5) is 0 Å². The van der Waals surface area contributed by atoms with Crippen LogP contribution in [-0.4, -0.2) is 30.8 Å². The highest BCUT2D eigenvalue weighted by atomic mass is 35.5. The number of halogens is 1. The van der Waals surface area contributed by atoms with E-state index >= 15 is 0 Å². The fourth-order valence-electron chi connectivity index (χ4n) is 2.16. The maximum Gasteiger partial charge on any atom is 0.157 e. The van der Waals surface area contributed by atoms with Crippen LogP contribution in [0.3, 0.4) is 0 Å². The quantitative estimate of drug-likeness (QED) is 0.750. The second kappa shape index (κ2) is 4.98. The zero-order chi connectivity index (χ0) is 10.9. The van der Waals surface area contributed by atoms with Gasteiger partial charge in [-0.3, -0.25) is 9.69 Å². The van der Waals surface area contributed by atoms with E-state index in [-0.39, 0.29) is 17.8 Å². The van der Waals surface area contributed by atoms with E-state index in [4.69, 9.17) is 0 Å². The van der Waals surface area contributed by atoms with Crippen LogP contribution in [0.5, 0.6) is 0 Å². The smallest absolute Gasteiger partial charge is 0.157 e. The van der Waals surface area contributed by atoms with E-state index < -0.39 is 0 Å². The minimum atomic E-state index is -0.270. The Morgan fingerprint density at radius 1 is 1.25 bits per heavy atom. The maximum atomic E-state index is 12.1. The Kier molecular flexibility index (Phi) is 4.11. The molecule has 0 radical (unpaired) electrons. The number of piperidine rings is 1.